The molecule has 2 heterocycles. The highest BCUT2D eigenvalue weighted by Crippen LogP contribution is 2.27. The summed E-state index contributed by atoms with van der Waals surface area (Å²) in [6.45, 7) is 5.22. The van der Waals surface area contributed by atoms with Crippen LogP contribution in [0.15, 0.2) is 42.0 Å². The largest absolute Gasteiger partial charge is 0.394 e. The van der Waals surface area contributed by atoms with E-state index in [1.165, 1.54) is 5.69 Å². The molecule has 0 bridgehead atoms. The van der Waals surface area contributed by atoms with Crippen molar-refractivity contribution in [3.8, 4) is 6.07 Å². The number of fused-ring (bicyclic) bond motifs is 1. The van der Waals surface area contributed by atoms with Gasteiger partial charge in [-0.05, 0) is 54.1 Å². The van der Waals surface area contributed by atoms with Gasteiger partial charge < -0.3 is 35.2 Å². The minimum Gasteiger partial charge on any atom is -0.394 e. The summed E-state index contributed by atoms with van der Waals surface area (Å²) in [5.41, 5.74) is 2.36. The number of benzene rings is 2. The molecule has 0 unspecified atom stereocenters. The average molecular weight is 481 g/mol. The van der Waals surface area contributed by atoms with Gasteiger partial charge in [0.05, 0.1) is 19.3 Å². The van der Waals surface area contributed by atoms with E-state index in [1.54, 1.807) is 6.92 Å². The third-order valence-electron chi connectivity index (χ3n) is 6.97. The van der Waals surface area contributed by atoms with E-state index in [0.717, 1.165) is 42.5 Å². The molecule has 2 aliphatic rings. The van der Waals surface area contributed by atoms with Gasteiger partial charge in [-0.25, -0.2) is 0 Å². The Morgan fingerprint density at radius 2 is 1.80 bits per heavy atom. The summed E-state index contributed by atoms with van der Waals surface area (Å²) in [5.74, 6) is -0.655. The number of aliphatic hydroxyl groups excluding tert-OH is 3. The fourth-order valence-corrected chi connectivity index (χ4v) is 4.59. The topological polar surface area (TPSA) is 129 Å². The van der Waals surface area contributed by atoms with E-state index < -0.39 is 36.9 Å². The van der Waals surface area contributed by atoms with Crippen molar-refractivity contribution >= 4 is 27.9 Å². The van der Waals surface area contributed by atoms with Gasteiger partial charge in [-0.2, -0.15) is 5.26 Å². The maximum absolute atomic E-state index is 12.9. The molecular weight excluding hydrogens is 448 g/mol. The van der Waals surface area contributed by atoms with Gasteiger partial charge >= 0.3 is 0 Å². The summed E-state index contributed by atoms with van der Waals surface area (Å²) < 4.78 is 5.31. The molecule has 0 radical (unpaired) electrons. The molecule has 4 N–H and O–H groups in total. The van der Waals surface area contributed by atoms with E-state index in [-0.39, 0.29) is 12.2 Å². The molecule has 2 aromatic rings. The summed E-state index contributed by atoms with van der Waals surface area (Å²) in [6, 6.07) is 13.2. The molecule has 9 nitrogen and oxygen atoms in total. The van der Waals surface area contributed by atoms with Crippen LogP contribution in [-0.4, -0.2) is 96.9 Å². The molecule has 0 aromatic heterocycles. The Balaban J connectivity index is 1.52. The molecule has 1 amide bonds. The maximum Gasteiger partial charge on any atom is 0.262 e. The van der Waals surface area contributed by atoms with Crippen LogP contribution in [-0.2, 0) is 9.53 Å². The number of ether oxygens (including phenoxy) is 1. The standard InChI is InChI=1S/C26H32N4O5/c1-16(21(13-27)26(34)28-22-15-35-23(14-31)25(33)24(22)32)17-3-4-19-12-20(6-5-18(19)11-17)30-9-7-29(2)8-10-30/h3-6,11-12,22-25,31-33H,7-10,14-15H2,1-2H3,(H,28,34)/b21-16+/t22-,23+,24+,25+/m0/s1. The van der Waals surface area contributed by atoms with Crippen LogP contribution < -0.4 is 10.2 Å². The van der Waals surface area contributed by atoms with Gasteiger partial charge in [0.2, 0.25) is 0 Å². The molecule has 0 saturated carbocycles. The number of anilines is 1. The van der Waals surface area contributed by atoms with Crippen LogP contribution in [0.1, 0.15) is 12.5 Å². The fraction of sp³-hybridized carbons (Fsp3) is 0.462. The number of piperazine rings is 1. The molecule has 0 aliphatic carbocycles. The number of aliphatic hydroxyl groups is 3. The number of likely N-dealkylation sites (N-methyl/N-ethyl adjacent to an activating group) is 1. The van der Waals surface area contributed by atoms with Crippen LogP contribution in [0.2, 0.25) is 0 Å². The number of carbonyl (C=O) groups excluding carboxylic acids is 1. The second-order valence-electron chi connectivity index (χ2n) is 9.26. The molecule has 9 heteroatoms. The second kappa shape index (κ2) is 10.7. The average Bonchev–Trinajstić information content (AvgIpc) is 2.87. The van der Waals surface area contributed by atoms with Crippen LogP contribution in [0.4, 0.5) is 5.69 Å². The highest BCUT2D eigenvalue weighted by Gasteiger charge is 2.39. The number of amides is 1. The molecular formula is C26H32N4O5. The second-order valence-corrected chi connectivity index (χ2v) is 9.26. The lowest BCUT2D eigenvalue weighted by Crippen LogP contribution is -2.60. The Morgan fingerprint density at radius 3 is 2.49 bits per heavy atom. The number of hydrogen-bond donors (Lipinski definition) is 4. The summed E-state index contributed by atoms with van der Waals surface area (Å²) in [5, 5.41) is 43.9. The fourth-order valence-electron chi connectivity index (χ4n) is 4.59. The predicted molar refractivity (Wildman–Crippen MR) is 133 cm³/mol. The number of allylic oxidation sites excluding steroid dienone is 1. The lowest BCUT2D eigenvalue weighted by molar-refractivity contribution is -0.163. The number of hydrogen-bond acceptors (Lipinski definition) is 8. The zero-order valence-electron chi connectivity index (χ0n) is 20.0. The zero-order valence-corrected chi connectivity index (χ0v) is 20.0. The van der Waals surface area contributed by atoms with Gasteiger partial charge in [-0.15, -0.1) is 0 Å². The van der Waals surface area contributed by atoms with Gasteiger partial charge in [0.25, 0.3) is 5.91 Å². The first-order chi connectivity index (χ1) is 16.8. The highest BCUT2D eigenvalue weighted by molar-refractivity contribution is 6.05. The molecule has 4 rings (SSSR count). The van der Waals surface area contributed by atoms with Crippen molar-refractivity contribution in [2.75, 3.05) is 51.3 Å². The normalized spacial score (nSPS) is 26.2. The number of carbonyl (C=O) groups is 1. The van der Waals surface area contributed by atoms with Crippen molar-refractivity contribution in [2.45, 2.75) is 31.3 Å². The first kappa shape index (κ1) is 25.1. The molecule has 186 valence electrons. The van der Waals surface area contributed by atoms with Crippen LogP contribution >= 0.6 is 0 Å². The molecule has 2 aliphatic heterocycles. The SMILES string of the molecule is C/C(=C(/C#N)C(=O)N[C@H]1CO[C@H](CO)[C@@H](O)[C@@H]1O)c1ccc2cc(N3CCN(C)CC3)ccc2c1. The summed E-state index contributed by atoms with van der Waals surface area (Å²) >= 11 is 0. The van der Waals surface area contributed by atoms with E-state index in [0.29, 0.717) is 5.57 Å². The summed E-state index contributed by atoms with van der Waals surface area (Å²) in [6.07, 6.45) is -3.58. The third kappa shape index (κ3) is 5.32. The van der Waals surface area contributed by atoms with Gasteiger partial charge in [-0.1, -0.05) is 18.2 Å². The van der Waals surface area contributed by atoms with Crippen molar-refractivity contribution in [1.82, 2.24) is 10.2 Å². The van der Waals surface area contributed by atoms with Crippen LogP contribution in [0.25, 0.3) is 16.3 Å². The molecule has 0 spiro atoms. The Hall–Kier alpha value is -3.00. The summed E-state index contributed by atoms with van der Waals surface area (Å²) in [4.78, 5) is 17.6. The van der Waals surface area contributed by atoms with E-state index in [9.17, 15) is 25.4 Å². The van der Waals surface area contributed by atoms with Crippen molar-refractivity contribution in [3.05, 3.63) is 47.5 Å². The van der Waals surface area contributed by atoms with E-state index in [2.05, 4.69) is 40.4 Å². The zero-order chi connectivity index (χ0) is 25.1. The third-order valence-corrected chi connectivity index (χ3v) is 6.97. The molecule has 35 heavy (non-hydrogen) atoms. The highest BCUT2D eigenvalue weighted by atomic mass is 16.5. The van der Waals surface area contributed by atoms with Crippen LogP contribution in [0.3, 0.4) is 0 Å². The number of rotatable bonds is 5. The molecule has 4 atom stereocenters. The number of nitrogens with one attached hydrogen (secondary N) is 1. The lowest BCUT2D eigenvalue weighted by Gasteiger charge is -2.37. The monoisotopic (exact) mass is 480 g/mol. The Morgan fingerprint density at radius 1 is 1.11 bits per heavy atom. The van der Waals surface area contributed by atoms with Crippen molar-refractivity contribution in [2.24, 2.45) is 0 Å². The minimum atomic E-state index is -1.34. The first-order valence-corrected chi connectivity index (χ1v) is 11.8. The van der Waals surface area contributed by atoms with E-state index >= 15 is 0 Å². The smallest absolute Gasteiger partial charge is 0.262 e. The van der Waals surface area contributed by atoms with Crippen LogP contribution in [0, 0.1) is 11.3 Å². The van der Waals surface area contributed by atoms with Crippen molar-refractivity contribution < 1.29 is 24.9 Å². The number of nitriles is 1. The van der Waals surface area contributed by atoms with Gasteiger partial charge in [0.15, 0.2) is 0 Å². The number of nitrogens with zero attached hydrogens (tertiary/aromatic N) is 3. The van der Waals surface area contributed by atoms with Gasteiger partial charge in [-0.3, -0.25) is 4.79 Å². The van der Waals surface area contributed by atoms with Crippen LogP contribution in [0.5, 0.6) is 0 Å². The quantitative estimate of drug-likeness (QED) is 0.359. The van der Waals surface area contributed by atoms with Crippen molar-refractivity contribution in [1.29, 1.82) is 5.26 Å². The van der Waals surface area contributed by atoms with Gasteiger partial charge in [0.1, 0.15) is 30.0 Å². The van der Waals surface area contributed by atoms with E-state index in [4.69, 9.17) is 4.74 Å². The van der Waals surface area contributed by atoms with Crippen molar-refractivity contribution in [3.63, 3.8) is 0 Å². The first-order valence-electron chi connectivity index (χ1n) is 11.8. The predicted octanol–water partition coefficient (Wildman–Crippen LogP) is 0.486. The molecule has 2 fully saturated rings. The molecule has 2 aromatic carbocycles. The Labute approximate surface area is 204 Å². The lowest BCUT2D eigenvalue weighted by atomic mass is 9.96. The maximum atomic E-state index is 12.9. The van der Waals surface area contributed by atoms with E-state index in [1.807, 2.05) is 24.3 Å². The molecule has 2 saturated heterocycles. The minimum absolute atomic E-state index is 0.0793. The Kier molecular flexibility index (Phi) is 7.69. The van der Waals surface area contributed by atoms with Gasteiger partial charge in [0, 0.05) is 31.9 Å². The Bertz CT molecular complexity index is 1150. The summed E-state index contributed by atoms with van der Waals surface area (Å²) in [7, 11) is 2.13.